The molecule has 0 radical (unpaired) electrons. The van der Waals surface area contributed by atoms with Crippen LogP contribution < -0.4 is 11.1 Å². The number of carboxylic acids is 1. The summed E-state index contributed by atoms with van der Waals surface area (Å²) >= 11 is 0. The monoisotopic (exact) mass is 195 g/mol. The van der Waals surface area contributed by atoms with Crippen molar-refractivity contribution < 1.29 is 9.90 Å². The van der Waals surface area contributed by atoms with Gasteiger partial charge in [-0.3, -0.25) is 4.79 Å². The standard InChI is InChI=1S/C9H13N3O2/c10-5-7-1-2-8(12-6-7)11-4-3-9(13)14/h1-2,6H,3-5,10H2,(H,11,12)(H,13,14). The topological polar surface area (TPSA) is 88.2 Å². The molecule has 1 rings (SSSR count). The van der Waals surface area contributed by atoms with Crippen LogP contribution in [0.1, 0.15) is 12.0 Å². The number of aliphatic carboxylic acids is 1. The maximum atomic E-state index is 10.2. The minimum atomic E-state index is -0.823. The maximum absolute atomic E-state index is 10.2. The minimum Gasteiger partial charge on any atom is -0.481 e. The van der Waals surface area contributed by atoms with E-state index < -0.39 is 5.97 Å². The normalized spacial score (nSPS) is 9.79. The molecule has 0 saturated carbocycles. The first kappa shape index (κ1) is 10.5. The van der Waals surface area contributed by atoms with Crippen LogP contribution in [-0.4, -0.2) is 22.6 Å². The van der Waals surface area contributed by atoms with E-state index in [1.54, 1.807) is 12.3 Å². The average Bonchev–Trinajstić information content (AvgIpc) is 2.18. The van der Waals surface area contributed by atoms with Crippen molar-refractivity contribution >= 4 is 11.8 Å². The molecule has 0 saturated heterocycles. The fraction of sp³-hybridized carbons (Fsp3) is 0.333. The van der Waals surface area contributed by atoms with Gasteiger partial charge in [0.2, 0.25) is 0 Å². The third-order valence-electron chi connectivity index (χ3n) is 1.71. The SMILES string of the molecule is NCc1ccc(NCCC(=O)O)nc1. The molecule has 1 aromatic rings. The molecular formula is C9H13N3O2. The predicted molar refractivity (Wildman–Crippen MR) is 52.9 cm³/mol. The van der Waals surface area contributed by atoms with Crippen LogP contribution in [0.25, 0.3) is 0 Å². The summed E-state index contributed by atoms with van der Waals surface area (Å²) in [5.74, 6) is -0.153. The van der Waals surface area contributed by atoms with Gasteiger partial charge in [0.1, 0.15) is 5.82 Å². The molecule has 0 atom stereocenters. The first-order valence-electron chi connectivity index (χ1n) is 4.33. The second-order valence-corrected chi connectivity index (χ2v) is 2.83. The van der Waals surface area contributed by atoms with Crippen LogP contribution in [0.2, 0.25) is 0 Å². The molecular weight excluding hydrogens is 182 g/mol. The number of aromatic nitrogens is 1. The van der Waals surface area contributed by atoms with Crippen molar-refractivity contribution in [3.63, 3.8) is 0 Å². The summed E-state index contributed by atoms with van der Waals surface area (Å²) in [5, 5.41) is 11.3. The van der Waals surface area contributed by atoms with Crippen molar-refractivity contribution in [3.8, 4) is 0 Å². The number of carbonyl (C=O) groups is 1. The lowest BCUT2D eigenvalue weighted by Gasteiger charge is -2.03. The van der Waals surface area contributed by atoms with E-state index in [2.05, 4.69) is 10.3 Å². The van der Waals surface area contributed by atoms with Gasteiger partial charge in [0, 0.05) is 19.3 Å². The average molecular weight is 195 g/mol. The Morgan fingerprint density at radius 1 is 1.57 bits per heavy atom. The molecule has 0 unspecified atom stereocenters. The van der Waals surface area contributed by atoms with Gasteiger partial charge in [-0.1, -0.05) is 6.07 Å². The quantitative estimate of drug-likeness (QED) is 0.634. The smallest absolute Gasteiger partial charge is 0.305 e. The van der Waals surface area contributed by atoms with Gasteiger partial charge in [-0.05, 0) is 11.6 Å². The van der Waals surface area contributed by atoms with Crippen LogP contribution in [0.4, 0.5) is 5.82 Å². The number of nitrogens with zero attached hydrogens (tertiary/aromatic N) is 1. The van der Waals surface area contributed by atoms with Gasteiger partial charge < -0.3 is 16.2 Å². The van der Waals surface area contributed by atoms with Crippen molar-refractivity contribution in [3.05, 3.63) is 23.9 Å². The lowest BCUT2D eigenvalue weighted by Crippen LogP contribution is -2.08. The Hall–Kier alpha value is -1.62. The zero-order valence-electron chi connectivity index (χ0n) is 7.73. The Kier molecular flexibility index (Phi) is 3.87. The molecule has 0 aromatic carbocycles. The highest BCUT2D eigenvalue weighted by Crippen LogP contribution is 2.03. The van der Waals surface area contributed by atoms with E-state index in [4.69, 9.17) is 10.8 Å². The second-order valence-electron chi connectivity index (χ2n) is 2.83. The fourth-order valence-electron chi connectivity index (χ4n) is 0.947. The van der Waals surface area contributed by atoms with E-state index >= 15 is 0 Å². The van der Waals surface area contributed by atoms with E-state index in [1.165, 1.54) is 0 Å². The van der Waals surface area contributed by atoms with Crippen molar-refractivity contribution in [1.82, 2.24) is 4.98 Å². The van der Waals surface area contributed by atoms with Crippen molar-refractivity contribution in [2.24, 2.45) is 5.73 Å². The van der Waals surface area contributed by atoms with E-state index in [0.717, 1.165) is 5.56 Å². The van der Waals surface area contributed by atoms with Crippen LogP contribution in [-0.2, 0) is 11.3 Å². The predicted octanol–water partition coefficient (Wildman–Crippen LogP) is 0.427. The molecule has 1 heterocycles. The number of carboxylic acid groups (broad SMARTS) is 1. The molecule has 0 amide bonds. The molecule has 0 bridgehead atoms. The maximum Gasteiger partial charge on any atom is 0.305 e. The molecule has 1 aromatic heterocycles. The molecule has 0 aliphatic carbocycles. The summed E-state index contributed by atoms with van der Waals surface area (Å²) in [4.78, 5) is 14.3. The Morgan fingerprint density at radius 2 is 2.36 bits per heavy atom. The lowest BCUT2D eigenvalue weighted by atomic mass is 10.3. The molecule has 5 nitrogen and oxygen atoms in total. The molecule has 0 spiro atoms. The molecule has 0 aliphatic heterocycles. The zero-order chi connectivity index (χ0) is 10.4. The van der Waals surface area contributed by atoms with Crippen LogP contribution in [0.15, 0.2) is 18.3 Å². The Morgan fingerprint density at radius 3 is 2.86 bits per heavy atom. The van der Waals surface area contributed by atoms with Gasteiger partial charge in [-0.2, -0.15) is 0 Å². The second kappa shape index (κ2) is 5.18. The summed E-state index contributed by atoms with van der Waals surface area (Å²) in [5.41, 5.74) is 6.35. The van der Waals surface area contributed by atoms with Crippen LogP contribution in [0, 0.1) is 0 Å². The molecule has 76 valence electrons. The van der Waals surface area contributed by atoms with E-state index in [-0.39, 0.29) is 6.42 Å². The molecule has 0 fully saturated rings. The first-order chi connectivity index (χ1) is 6.72. The number of hydrogen-bond donors (Lipinski definition) is 3. The fourth-order valence-corrected chi connectivity index (χ4v) is 0.947. The van der Waals surface area contributed by atoms with Gasteiger partial charge in [0.15, 0.2) is 0 Å². The van der Waals surface area contributed by atoms with Crippen LogP contribution >= 0.6 is 0 Å². The summed E-state index contributed by atoms with van der Waals surface area (Å²) in [7, 11) is 0. The number of anilines is 1. The third kappa shape index (κ3) is 3.40. The van der Waals surface area contributed by atoms with E-state index in [1.807, 2.05) is 6.07 Å². The highest BCUT2D eigenvalue weighted by molar-refractivity contribution is 5.67. The van der Waals surface area contributed by atoms with Gasteiger partial charge in [0.05, 0.1) is 6.42 Å². The minimum absolute atomic E-state index is 0.0837. The molecule has 4 N–H and O–H groups in total. The first-order valence-corrected chi connectivity index (χ1v) is 4.33. The van der Waals surface area contributed by atoms with Gasteiger partial charge in [-0.15, -0.1) is 0 Å². The number of rotatable bonds is 5. The number of nitrogens with two attached hydrogens (primary N) is 1. The van der Waals surface area contributed by atoms with E-state index in [0.29, 0.717) is 18.9 Å². The summed E-state index contributed by atoms with van der Waals surface area (Å²) in [6.07, 6.45) is 1.75. The van der Waals surface area contributed by atoms with Crippen molar-refractivity contribution in [2.45, 2.75) is 13.0 Å². The number of nitrogens with one attached hydrogen (secondary N) is 1. The van der Waals surface area contributed by atoms with Crippen molar-refractivity contribution in [2.75, 3.05) is 11.9 Å². The largest absolute Gasteiger partial charge is 0.481 e. The van der Waals surface area contributed by atoms with Crippen LogP contribution in [0.5, 0.6) is 0 Å². The Balaban J connectivity index is 2.40. The highest BCUT2D eigenvalue weighted by Gasteiger charge is 1.97. The molecule has 0 aliphatic rings. The number of hydrogen-bond acceptors (Lipinski definition) is 4. The van der Waals surface area contributed by atoms with Gasteiger partial charge >= 0.3 is 5.97 Å². The van der Waals surface area contributed by atoms with Crippen molar-refractivity contribution in [1.29, 1.82) is 0 Å². The summed E-state index contributed by atoms with van der Waals surface area (Å²) in [6, 6.07) is 3.64. The lowest BCUT2D eigenvalue weighted by molar-refractivity contribution is -0.136. The molecule has 5 heteroatoms. The van der Waals surface area contributed by atoms with Gasteiger partial charge in [-0.25, -0.2) is 4.98 Å². The summed E-state index contributed by atoms with van der Waals surface area (Å²) < 4.78 is 0. The number of pyridine rings is 1. The Bertz CT molecular complexity index is 297. The van der Waals surface area contributed by atoms with E-state index in [9.17, 15) is 4.79 Å². The Labute approximate surface area is 82.0 Å². The van der Waals surface area contributed by atoms with Crippen LogP contribution in [0.3, 0.4) is 0 Å². The highest BCUT2D eigenvalue weighted by atomic mass is 16.4. The molecule has 14 heavy (non-hydrogen) atoms. The summed E-state index contributed by atoms with van der Waals surface area (Å²) in [6.45, 7) is 0.840. The van der Waals surface area contributed by atoms with Gasteiger partial charge in [0.25, 0.3) is 0 Å². The third-order valence-corrected chi connectivity index (χ3v) is 1.71. The zero-order valence-corrected chi connectivity index (χ0v) is 7.73.